The van der Waals surface area contributed by atoms with Gasteiger partial charge in [0.25, 0.3) is 0 Å². The van der Waals surface area contributed by atoms with E-state index >= 15 is 0 Å². The number of fused-ring (bicyclic) bond motifs is 1. The highest BCUT2D eigenvalue weighted by molar-refractivity contribution is 5.04. The monoisotopic (exact) mass is 237 g/mol. The van der Waals surface area contributed by atoms with Gasteiger partial charge in [-0.25, -0.2) is 0 Å². The molecule has 2 saturated carbocycles. The fraction of sp³-hybridized carbons (Fsp3) is 1.00. The lowest BCUT2D eigenvalue weighted by Gasteiger charge is -2.35. The van der Waals surface area contributed by atoms with Crippen molar-refractivity contribution in [2.45, 2.75) is 72.3 Å². The molecular weight excluding hydrogens is 206 g/mol. The zero-order valence-electron chi connectivity index (χ0n) is 12.3. The van der Waals surface area contributed by atoms with Gasteiger partial charge in [0.1, 0.15) is 0 Å². The average molecular weight is 237 g/mol. The van der Waals surface area contributed by atoms with Crippen molar-refractivity contribution in [1.29, 1.82) is 0 Å². The van der Waals surface area contributed by atoms with Crippen LogP contribution < -0.4 is 5.32 Å². The van der Waals surface area contributed by atoms with Crippen molar-refractivity contribution in [2.24, 2.45) is 23.2 Å². The van der Waals surface area contributed by atoms with Crippen molar-refractivity contribution in [3.63, 3.8) is 0 Å². The van der Waals surface area contributed by atoms with Crippen LogP contribution in [0.15, 0.2) is 0 Å². The molecule has 0 amide bonds. The average Bonchev–Trinajstić information content (AvgIpc) is 2.85. The molecule has 0 aliphatic heterocycles. The molecule has 0 heterocycles. The summed E-state index contributed by atoms with van der Waals surface area (Å²) in [6.07, 6.45) is 8.82. The van der Waals surface area contributed by atoms with Gasteiger partial charge in [-0.3, -0.25) is 0 Å². The molecule has 2 aliphatic rings. The summed E-state index contributed by atoms with van der Waals surface area (Å²) in [5.74, 6) is 3.14. The Morgan fingerprint density at radius 3 is 2.35 bits per heavy atom. The molecule has 0 aromatic rings. The summed E-state index contributed by atoms with van der Waals surface area (Å²) in [7, 11) is 0. The molecule has 2 fully saturated rings. The Balaban J connectivity index is 1.88. The van der Waals surface area contributed by atoms with Crippen LogP contribution in [0.5, 0.6) is 0 Å². The molecule has 0 spiro atoms. The molecule has 2 rings (SSSR count). The van der Waals surface area contributed by atoms with Crippen LogP contribution in [-0.4, -0.2) is 12.6 Å². The summed E-state index contributed by atoms with van der Waals surface area (Å²) < 4.78 is 0. The molecule has 0 aromatic carbocycles. The lowest BCUT2D eigenvalue weighted by Crippen LogP contribution is -2.38. The summed E-state index contributed by atoms with van der Waals surface area (Å²) in [4.78, 5) is 0. The first-order valence-electron chi connectivity index (χ1n) is 7.78. The number of hydrogen-bond donors (Lipinski definition) is 1. The molecule has 0 aromatic heterocycles. The van der Waals surface area contributed by atoms with Crippen molar-refractivity contribution in [3.8, 4) is 0 Å². The minimum Gasteiger partial charge on any atom is -0.314 e. The smallest absolute Gasteiger partial charge is 0.00106 e. The van der Waals surface area contributed by atoms with Crippen molar-refractivity contribution in [3.05, 3.63) is 0 Å². The predicted molar refractivity (Wildman–Crippen MR) is 75.1 cm³/mol. The van der Waals surface area contributed by atoms with Gasteiger partial charge in [-0.15, -0.1) is 0 Å². The Morgan fingerprint density at radius 1 is 1.18 bits per heavy atom. The van der Waals surface area contributed by atoms with Gasteiger partial charge in [-0.2, -0.15) is 0 Å². The highest BCUT2D eigenvalue weighted by Gasteiger charge is 2.53. The fourth-order valence-electron chi connectivity index (χ4n) is 4.14. The summed E-state index contributed by atoms with van der Waals surface area (Å²) in [6, 6.07) is 0.644. The van der Waals surface area contributed by atoms with E-state index in [9.17, 15) is 0 Å². The zero-order valence-corrected chi connectivity index (χ0v) is 12.3. The Hall–Kier alpha value is -0.0400. The highest BCUT2D eigenvalue weighted by Crippen LogP contribution is 2.61. The molecule has 1 heteroatoms. The van der Waals surface area contributed by atoms with E-state index in [4.69, 9.17) is 0 Å². The van der Waals surface area contributed by atoms with Crippen LogP contribution in [0.1, 0.15) is 66.2 Å². The van der Waals surface area contributed by atoms with Gasteiger partial charge in [0.05, 0.1) is 0 Å². The summed E-state index contributed by atoms with van der Waals surface area (Å²) in [5, 5.41) is 3.72. The van der Waals surface area contributed by atoms with Gasteiger partial charge in [0.2, 0.25) is 0 Å². The summed E-state index contributed by atoms with van der Waals surface area (Å²) in [5.41, 5.74) is 0.659. The van der Waals surface area contributed by atoms with Crippen molar-refractivity contribution < 1.29 is 0 Å². The number of nitrogens with one attached hydrogen (secondary N) is 1. The SMILES string of the molecule is CCCC(C)CC1(CNC(C)C)CC2CC2C1. The third-order valence-electron chi connectivity index (χ3n) is 4.91. The summed E-state index contributed by atoms with van der Waals surface area (Å²) in [6.45, 7) is 10.6. The van der Waals surface area contributed by atoms with Crippen LogP contribution in [0.4, 0.5) is 0 Å². The van der Waals surface area contributed by atoms with Gasteiger partial charge in [0, 0.05) is 12.6 Å². The minimum atomic E-state index is 0.644. The van der Waals surface area contributed by atoms with Crippen LogP contribution in [-0.2, 0) is 0 Å². The third-order valence-corrected chi connectivity index (χ3v) is 4.91. The van der Waals surface area contributed by atoms with Crippen molar-refractivity contribution in [2.75, 3.05) is 6.54 Å². The summed E-state index contributed by atoms with van der Waals surface area (Å²) >= 11 is 0. The molecular formula is C16H31N. The number of hydrogen-bond acceptors (Lipinski definition) is 1. The van der Waals surface area contributed by atoms with E-state index in [1.54, 1.807) is 6.42 Å². The van der Waals surface area contributed by atoms with E-state index < -0.39 is 0 Å². The Labute approximate surface area is 108 Å². The minimum absolute atomic E-state index is 0.644. The lowest BCUT2D eigenvalue weighted by molar-refractivity contribution is 0.186. The second-order valence-corrected chi connectivity index (χ2v) is 7.30. The van der Waals surface area contributed by atoms with Gasteiger partial charge in [0.15, 0.2) is 0 Å². The molecule has 0 radical (unpaired) electrons. The molecule has 0 bridgehead atoms. The van der Waals surface area contributed by atoms with E-state index in [0.717, 1.165) is 17.8 Å². The normalized spacial score (nSPS) is 37.2. The predicted octanol–water partition coefficient (Wildman–Crippen LogP) is 4.23. The van der Waals surface area contributed by atoms with Gasteiger partial charge >= 0.3 is 0 Å². The Morgan fingerprint density at radius 2 is 1.82 bits per heavy atom. The Bertz CT molecular complexity index is 236. The second-order valence-electron chi connectivity index (χ2n) is 7.30. The maximum Gasteiger partial charge on any atom is 0.00106 e. The van der Waals surface area contributed by atoms with Gasteiger partial charge < -0.3 is 5.32 Å². The van der Waals surface area contributed by atoms with Crippen molar-refractivity contribution in [1.82, 2.24) is 5.32 Å². The van der Waals surface area contributed by atoms with E-state index in [-0.39, 0.29) is 0 Å². The largest absolute Gasteiger partial charge is 0.314 e. The molecule has 3 atom stereocenters. The quantitative estimate of drug-likeness (QED) is 0.699. The first-order valence-corrected chi connectivity index (χ1v) is 7.78. The van der Waals surface area contributed by atoms with Crippen molar-refractivity contribution >= 4 is 0 Å². The zero-order chi connectivity index (χ0) is 12.5. The molecule has 1 nitrogen and oxygen atoms in total. The second kappa shape index (κ2) is 5.30. The molecule has 1 N–H and O–H groups in total. The van der Waals surface area contributed by atoms with E-state index in [1.165, 1.54) is 38.6 Å². The van der Waals surface area contributed by atoms with Crippen LogP contribution in [0.2, 0.25) is 0 Å². The fourth-order valence-corrected chi connectivity index (χ4v) is 4.14. The van der Waals surface area contributed by atoms with Crippen LogP contribution in [0.25, 0.3) is 0 Å². The van der Waals surface area contributed by atoms with E-state index in [2.05, 4.69) is 33.0 Å². The number of rotatable bonds is 7. The first kappa shape index (κ1) is 13.4. The maximum atomic E-state index is 3.72. The third kappa shape index (κ3) is 3.47. The lowest BCUT2D eigenvalue weighted by atomic mass is 9.74. The maximum absolute atomic E-state index is 3.72. The van der Waals surface area contributed by atoms with Gasteiger partial charge in [-0.1, -0.05) is 40.5 Å². The van der Waals surface area contributed by atoms with Crippen LogP contribution in [0.3, 0.4) is 0 Å². The van der Waals surface area contributed by atoms with Crippen LogP contribution in [0, 0.1) is 23.2 Å². The van der Waals surface area contributed by atoms with E-state index in [0.29, 0.717) is 11.5 Å². The van der Waals surface area contributed by atoms with E-state index in [1.807, 2.05) is 0 Å². The molecule has 100 valence electrons. The highest BCUT2D eigenvalue weighted by atomic mass is 14.9. The van der Waals surface area contributed by atoms with Gasteiger partial charge in [-0.05, 0) is 48.9 Å². The molecule has 17 heavy (non-hydrogen) atoms. The topological polar surface area (TPSA) is 12.0 Å². The van der Waals surface area contributed by atoms with Crippen LogP contribution >= 0.6 is 0 Å². The first-order chi connectivity index (χ1) is 8.04. The molecule has 2 aliphatic carbocycles. The standard InChI is InChI=1S/C16H31N/c1-5-6-13(4)8-16(11-17-12(2)3)9-14-7-15(14)10-16/h12-15,17H,5-11H2,1-4H3. The Kier molecular flexibility index (Phi) is 4.18. The molecule has 3 unspecified atom stereocenters. The molecule has 0 saturated heterocycles.